The van der Waals surface area contributed by atoms with Crippen molar-refractivity contribution >= 4 is 11.8 Å². The molecule has 2 fully saturated rings. The van der Waals surface area contributed by atoms with Crippen molar-refractivity contribution in [2.24, 2.45) is 17.1 Å². The van der Waals surface area contributed by atoms with E-state index in [1.165, 1.54) is 24.7 Å². The molecule has 1 aromatic carbocycles. The van der Waals surface area contributed by atoms with Crippen LogP contribution < -0.4 is 5.73 Å². The Morgan fingerprint density at radius 2 is 2.08 bits per heavy atom. The molecule has 2 atom stereocenters. The van der Waals surface area contributed by atoms with Crippen LogP contribution in [0.4, 0.5) is 4.39 Å². The molecule has 2 saturated heterocycles. The predicted octanol–water partition coefficient (Wildman–Crippen LogP) is 0.975. The van der Waals surface area contributed by atoms with Gasteiger partial charge < -0.3 is 15.4 Å². The molecule has 0 aliphatic carbocycles. The first kappa shape index (κ1) is 16.7. The Hall–Kier alpha value is -2.74. The number of imidazole rings is 1. The molecule has 0 spiro atoms. The second-order valence-electron chi connectivity index (χ2n) is 6.85. The lowest BCUT2D eigenvalue weighted by molar-refractivity contribution is -0.135. The van der Waals surface area contributed by atoms with Crippen LogP contribution in [-0.4, -0.2) is 52.6 Å². The molecule has 2 aliphatic rings. The average molecular weight is 358 g/mol. The average Bonchev–Trinajstić information content (AvgIpc) is 3.27. The highest BCUT2D eigenvalue weighted by atomic mass is 19.1. The summed E-state index contributed by atoms with van der Waals surface area (Å²) in [6.45, 7) is 1.58. The molecule has 2 aliphatic heterocycles. The first-order valence-corrected chi connectivity index (χ1v) is 8.46. The van der Waals surface area contributed by atoms with Gasteiger partial charge in [-0.25, -0.2) is 9.37 Å². The predicted molar refractivity (Wildman–Crippen MR) is 90.0 cm³/mol. The number of benzene rings is 1. The zero-order chi connectivity index (χ0) is 18.3. The summed E-state index contributed by atoms with van der Waals surface area (Å²) in [6, 6.07) is 5.81. The number of amides is 2. The molecular formula is C18H19FN4O3. The van der Waals surface area contributed by atoms with Gasteiger partial charge in [0, 0.05) is 31.3 Å². The van der Waals surface area contributed by atoms with Gasteiger partial charge in [-0.05, 0) is 30.7 Å². The monoisotopic (exact) mass is 358 g/mol. The van der Waals surface area contributed by atoms with Crippen LogP contribution in [0.1, 0.15) is 16.9 Å². The second kappa shape index (κ2) is 6.21. The maximum absolute atomic E-state index is 13.2. The van der Waals surface area contributed by atoms with Crippen molar-refractivity contribution in [1.29, 1.82) is 0 Å². The molecule has 8 heteroatoms. The minimum absolute atomic E-state index is 0.0973. The number of ether oxygens (including phenoxy) is 1. The van der Waals surface area contributed by atoms with E-state index in [0.29, 0.717) is 37.6 Å². The lowest BCUT2D eigenvalue weighted by atomic mass is 9.74. The largest absolute Gasteiger partial charge is 0.381 e. The first-order chi connectivity index (χ1) is 12.5. The van der Waals surface area contributed by atoms with Crippen LogP contribution >= 0.6 is 0 Å². The summed E-state index contributed by atoms with van der Waals surface area (Å²) in [5, 5.41) is 0. The SMILES string of the molecule is NC(=O)[C@]12CCOC[C@H]1CN(C(=O)c1cncn1-c1ccc(F)cc1)C2. The number of carbonyl (C=O) groups is 2. The van der Waals surface area contributed by atoms with E-state index in [1.54, 1.807) is 21.6 Å². The van der Waals surface area contributed by atoms with E-state index in [1.807, 2.05) is 0 Å². The van der Waals surface area contributed by atoms with Crippen molar-refractivity contribution in [1.82, 2.24) is 14.5 Å². The number of halogens is 1. The summed E-state index contributed by atoms with van der Waals surface area (Å²) in [7, 11) is 0. The highest BCUT2D eigenvalue weighted by Crippen LogP contribution is 2.42. The Bertz CT molecular complexity index is 850. The number of likely N-dealkylation sites (tertiary alicyclic amines) is 1. The Balaban J connectivity index is 1.63. The number of primary amides is 1. The van der Waals surface area contributed by atoms with Crippen molar-refractivity contribution < 1.29 is 18.7 Å². The zero-order valence-electron chi connectivity index (χ0n) is 14.1. The molecule has 0 radical (unpaired) electrons. The highest BCUT2D eigenvalue weighted by molar-refractivity contribution is 5.94. The van der Waals surface area contributed by atoms with Gasteiger partial charge in [0.2, 0.25) is 5.91 Å². The number of hydrogen-bond donors (Lipinski definition) is 1. The van der Waals surface area contributed by atoms with Gasteiger partial charge in [-0.1, -0.05) is 0 Å². The number of hydrogen-bond acceptors (Lipinski definition) is 4. The summed E-state index contributed by atoms with van der Waals surface area (Å²) in [5.74, 6) is -1.07. The van der Waals surface area contributed by atoms with Crippen LogP contribution in [0.15, 0.2) is 36.8 Å². The van der Waals surface area contributed by atoms with Gasteiger partial charge in [0.15, 0.2) is 0 Å². The summed E-state index contributed by atoms with van der Waals surface area (Å²) in [4.78, 5) is 30.9. The number of nitrogens with zero attached hydrogens (tertiary/aromatic N) is 3. The van der Waals surface area contributed by atoms with Gasteiger partial charge in [-0.3, -0.25) is 14.2 Å². The number of rotatable bonds is 3. The second-order valence-corrected chi connectivity index (χ2v) is 6.85. The highest BCUT2D eigenvalue weighted by Gasteiger charge is 2.53. The molecule has 1 aromatic heterocycles. The Morgan fingerprint density at radius 3 is 2.77 bits per heavy atom. The molecular weight excluding hydrogens is 339 g/mol. The minimum Gasteiger partial charge on any atom is -0.381 e. The van der Waals surface area contributed by atoms with E-state index >= 15 is 0 Å². The quantitative estimate of drug-likeness (QED) is 0.885. The fourth-order valence-corrected chi connectivity index (χ4v) is 3.93. The molecule has 0 saturated carbocycles. The Labute approximate surface area is 149 Å². The summed E-state index contributed by atoms with van der Waals surface area (Å²) >= 11 is 0. The first-order valence-electron chi connectivity index (χ1n) is 8.46. The van der Waals surface area contributed by atoms with E-state index in [0.717, 1.165) is 0 Å². The normalized spacial score (nSPS) is 25.1. The zero-order valence-corrected chi connectivity index (χ0v) is 14.1. The number of nitrogens with two attached hydrogens (primary N) is 1. The van der Waals surface area contributed by atoms with Gasteiger partial charge in [-0.15, -0.1) is 0 Å². The standard InChI is InChI=1S/C18H19FN4O3/c19-13-1-3-14(4-2-13)23-11-21-7-15(23)16(24)22-8-12-9-26-6-5-18(12,10-22)17(20)25/h1-4,7,11-12H,5-6,8-10H2,(H2,20,25)/t12-,18+/m1/s1. The fraction of sp³-hybridized carbons (Fsp3) is 0.389. The van der Waals surface area contributed by atoms with Crippen molar-refractivity contribution in [3.05, 3.63) is 48.3 Å². The summed E-state index contributed by atoms with van der Waals surface area (Å²) in [6.07, 6.45) is 3.51. The van der Waals surface area contributed by atoms with E-state index in [4.69, 9.17) is 10.5 Å². The topological polar surface area (TPSA) is 90.5 Å². The van der Waals surface area contributed by atoms with Crippen molar-refractivity contribution in [2.45, 2.75) is 6.42 Å². The molecule has 2 N–H and O–H groups in total. The third-order valence-corrected chi connectivity index (χ3v) is 5.45. The van der Waals surface area contributed by atoms with Gasteiger partial charge in [0.05, 0.1) is 24.5 Å². The van der Waals surface area contributed by atoms with Crippen LogP contribution in [0.5, 0.6) is 0 Å². The third-order valence-electron chi connectivity index (χ3n) is 5.45. The lowest BCUT2D eigenvalue weighted by Gasteiger charge is -2.34. The molecule has 7 nitrogen and oxygen atoms in total. The van der Waals surface area contributed by atoms with Crippen LogP contribution in [0.25, 0.3) is 5.69 Å². The summed E-state index contributed by atoms with van der Waals surface area (Å²) in [5.41, 5.74) is 5.94. The van der Waals surface area contributed by atoms with Crippen LogP contribution in [-0.2, 0) is 9.53 Å². The molecule has 4 rings (SSSR count). The van der Waals surface area contributed by atoms with E-state index in [2.05, 4.69) is 4.98 Å². The molecule has 2 aromatic rings. The van der Waals surface area contributed by atoms with Crippen molar-refractivity contribution in [2.75, 3.05) is 26.3 Å². The van der Waals surface area contributed by atoms with E-state index in [-0.39, 0.29) is 30.1 Å². The third kappa shape index (κ3) is 2.57. The Morgan fingerprint density at radius 1 is 1.31 bits per heavy atom. The van der Waals surface area contributed by atoms with E-state index in [9.17, 15) is 14.0 Å². The van der Waals surface area contributed by atoms with Crippen LogP contribution in [0.2, 0.25) is 0 Å². The molecule has 136 valence electrons. The number of carbonyl (C=O) groups excluding carboxylic acids is 2. The number of fused-ring (bicyclic) bond motifs is 1. The lowest BCUT2D eigenvalue weighted by Crippen LogP contribution is -2.48. The van der Waals surface area contributed by atoms with Crippen LogP contribution in [0.3, 0.4) is 0 Å². The number of aromatic nitrogens is 2. The summed E-state index contributed by atoms with van der Waals surface area (Å²) < 4.78 is 20.3. The van der Waals surface area contributed by atoms with E-state index < -0.39 is 5.41 Å². The smallest absolute Gasteiger partial charge is 0.272 e. The maximum atomic E-state index is 13.2. The molecule has 3 heterocycles. The molecule has 0 unspecified atom stereocenters. The molecule has 26 heavy (non-hydrogen) atoms. The minimum atomic E-state index is -0.728. The van der Waals surface area contributed by atoms with Crippen molar-refractivity contribution in [3.63, 3.8) is 0 Å². The fourth-order valence-electron chi connectivity index (χ4n) is 3.93. The Kier molecular flexibility index (Phi) is 3.99. The molecule has 0 bridgehead atoms. The molecule has 2 amide bonds. The maximum Gasteiger partial charge on any atom is 0.272 e. The van der Waals surface area contributed by atoms with Gasteiger partial charge in [0.25, 0.3) is 5.91 Å². The van der Waals surface area contributed by atoms with Crippen LogP contribution in [0, 0.1) is 17.2 Å². The van der Waals surface area contributed by atoms with Gasteiger partial charge in [0.1, 0.15) is 11.5 Å². The van der Waals surface area contributed by atoms with Gasteiger partial charge in [-0.2, -0.15) is 0 Å². The van der Waals surface area contributed by atoms with Gasteiger partial charge >= 0.3 is 0 Å². The van der Waals surface area contributed by atoms with Crippen molar-refractivity contribution in [3.8, 4) is 5.69 Å².